The summed E-state index contributed by atoms with van der Waals surface area (Å²) in [5, 5.41) is 20.0. The number of phenols is 2. The van der Waals surface area contributed by atoms with Crippen molar-refractivity contribution in [3.63, 3.8) is 0 Å². The Bertz CT molecular complexity index is 287. The van der Waals surface area contributed by atoms with Gasteiger partial charge in [0.15, 0.2) is 0 Å². The van der Waals surface area contributed by atoms with Gasteiger partial charge in [0, 0.05) is 19.0 Å². The van der Waals surface area contributed by atoms with E-state index in [0.29, 0.717) is 0 Å². The van der Waals surface area contributed by atoms with Crippen LogP contribution in [0.1, 0.15) is 12.8 Å². The predicted molar refractivity (Wildman–Crippen MR) is 52.0 cm³/mol. The van der Waals surface area contributed by atoms with Crippen molar-refractivity contribution in [1.82, 2.24) is 5.32 Å². The molecule has 0 atom stereocenters. The second-order valence-corrected chi connectivity index (χ2v) is 2.97. The van der Waals surface area contributed by atoms with Crippen LogP contribution in [0.3, 0.4) is 0 Å². The van der Waals surface area contributed by atoms with E-state index >= 15 is 0 Å². The van der Waals surface area contributed by atoms with Crippen molar-refractivity contribution >= 4 is 5.91 Å². The van der Waals surface area contributed by atoms with Crippen molar-refractivity contribution in [2.24, 2.45) is 0 Å². The van der Waals surface area contributed by atoms with E-state index < -0.39 is 0 Å². The molecule has 1 amide bonds. The minimum Gasteiger partial charge on any atom is -0.508 e. The highest BCUT2D eigenvalue weighted by molar-refractivity contribution is 5.77. The Morgan fingerprint density at radius 1 is 1.21 bits per heavy atom. The first-order valence-corrected chi connectivity index (χ1v) is 4.43. The smallest absolute Gasteiger partial charge is 0.220 e. The van der Waals surface area contributed by atoms with E-state index in [9.17, 15) is 4.79 Å². The Kier molecular flexibility index (Phi) is 3.79. The Hall–Kier alpha value is -1.71. The van der Waals surface area contributed by atoms with Crippen molar-refractivity contribution in [2.75, 3.05) is 6.54 Å². The van der Waals surface area contributed by atoms with Crippen molar-refractivity contribution in [3.8, 4) is 11.5 Å². The number of carbonyl (C=O) groups excluding carboxylic acids is 1. The summed E-state index contributed by atoms with van der Waals surface area (Å²) in [6.07, 6.45) is 1.76. The van der Waals surface area contributed by atoms with E-state index in [-0.39, 0.29) is 17.4 Å². The van der Waals surface area contributed by atoms with E-state index in [1.165, 1.54) is 18.2 Å². The minimum atomic E-state index is 0.0880. The van der Waals surface area contributed by atoms with Crippen molar-refractivity contribution in [2.45, 2.75) is 12.8 Å². The van der Waals surface area contributed by atoms with Crippen LogP contribution in [0.5, 0.6) is 11.5 Å². The van der Waals surface area contributed by atoms with E-state index in [2.05, 4.69) is 5.32 Å². The van der Waals surface area contributed by atoms with Crippen LogP contribution in [0, 0.1) is 0 Å². The zero-order valence-electron chi connectivity index (χ0n) is 7.73. The third-order valence-corrected chi connectivity index (χ3v) is 1.73. The molecule has 1 aromatic rings. The fourth-order valence-corrected chi connectivity index (χ4v) is 1.06. The van der Waals surface area contributed by atoms with Gasteiger partial charge in [0.2, 0.25) is 5.91 Å². The maximum absolute atomic E-state index is 10.1. The molecular weight excluding hydrogens is 182 g/mol. The second kappa shape index (κ2) is 5.11. The highest BCUT2D eigenvalue weighted by atomic mass is 16.3. The fourth-order valence-electron chi connectivity index (χ4n) is 1.06. The van der Waals surface area contributed by atoms with Crippen molar-refractivity contribution in [3.05, 3.63) is 24.3 Å². The molecule has 14 heavy (non-hydrogen) atoms. The van der Waals surface area contributed by atoms with E-state index in [1.807, 2.05) is 0 Å². The lowest BCUT2D eigenvalue weighted by molar-refractivity contribution is -0.119. The third-order valence-electron chi connectivity index (χ3n) is 1.73. The van der Waals surface area contributed by atoms with Gasteiger partial charge in [-0.3, -0.25) is 4.79 Å². The Morgan fingerprint density at radius 3 is 2.07 bits per heavy atom. The summed E-state index contributed by atoms with van der Waals surface area (Å²) in [5.74, 6) is 0.380. The molecule has 0 aromatic heterocycles. The quantitative estimate of drug-likeness (QED) is 0.578. The average Bonchev–Trinajstić information content (AvgIpc) is 2.56. The molecule has 0 bridgehead atoms. The van der Waals surface area contributed by atoms with Gasteiger partial charge in [-0.05, 0) is 18.6 Å². The zero-order valence-corrected chi connectivity index (χ0v) is 7.73. The summed E-state index contributed by atoms with van der Waals surface area (Å²) in [6, 6.07) is 5.85. The number of phenolic OH excluding ortho intramolecular Hbond substituents is 2. The molecule has 0 radical (unpaired) electrons. The highest BCUT2D eigenvalue weighted by Crippen LogP contribution is 2.14. The molecule has 1 fully saturated rings. The molecule has 76 valence electrons. The second-order valence-electron chi connectivity index (χ2n) is 2.97. The SMILES string of the molecule is O=C1CCCN1.Oc1cccc(O)c1. The third kappa shape index (κ3) is 3.80. The molecule has 1 aromatic carbocycles. The molecule has 1 heterocycles. The first kappa shape index (κ1) is 10.4. The van der Waals surface area contributed by atoms with Crippen molar-refractivity contribution in [1.29, 1.82) is 0 Å². The van der Waals surface area contributed by atoms with Gasteiger partial charge in [-0.15, -0.1) is 0 Å². The molecule has 1 saturated heterocycles. The topological polar surface area (TPSA) is 69.6 Å². The predicted octanol–water partition coefficient (Wildman–Crippen LogP) is 0.994. The lowest BCUT2D eigenvalue weighted by Crippen LogP contribution is -2.12. The van der Waals surface area contributed by atoms with Gasteiger partial charge in [0.1, 0.15) is 11.5 Å². The summed E-state index contributed by atoms with van der Waals surface area (Å²) in [5.41, 5.74) is 0. The molecule has 0 unspecified atom stereocenters. The number of nitrogens with one attached hydrogen (secondary N) is 1. The number of carbonyl (C=O) groups is 1. The van der Waals surface area contributed by atoms with Crippen LogP contribution in [0.25, 0.3) is 0 Å². The molecule has 4 heteroatoms. The Balaban J connectivity index is 0.000000146. The minimum absolute atomic E-state index is 0.0880. The number of aromatic hydroxyl groups is 2. The van der Waals surface area contributed by atoms with Crippen LogP contribution in [0.2, 0.25) is 0 Å². The van der Waals surface area contributed by atoms with Crippen LogP contribution in [0.4, 0.5) is 0 Å². The summed E-state index contributed by atoms with van der Waals surface area (Å²) >= 11 is 0. The van der Waals surface area contributed by atoms with Gasteiger partial charge in [0.05, 0.1) is 0 Å². The standard InChI is InChI=1S/C6H6O2.C4H7NO/c7-5-2-1-3-6(8)4-5;6-4-2-1-3-5-4/h1-4,7-8H;1-3H2,(H,5,6). The number of rotatable bonds is 0. The lowest BCUT2D eigenvalue weighted by Gasteiger charge is -1.89. The van der Waals surface area contributed by atoms with Gasteiger partial charge in [-0.2, -0.15) is 0 Å². The van der Waals surface area contributed by atoms with Crippen LogP contribution >= 0.6 is 0 Å². The molecule has 0 aliphatic carbocycles. The van der Waals surface area contributed by atoms with Gasteiger partial charge < -0.3 is 15.5 Å². The van der Waals surface area contributed by atoms with Gasteiger partial charge in [-0.1, -0.05) is 6.07 Å². The fraction of sp³-hybridized carbons (Fsp3) is 0.300. The lowest BCUT2D eigenvalue weighted by atomic mass is 10.3. The van der Waals surface area contributed by atoms with Crippen LogP contribution in [-0.4, -0.2) is 22.7 Å². The van der Waals surface area contributed by atoms with Crippen LogP contribution in [0.15, 0.2) is 24.3 Å². The molecule has 0 saturated carbocycles. The van der Waals surface area contributed by atoms with E-state index in [0.717, 1.165) is 19.4 Å². The first-order chi connectivity index (χ1) is 6.68. The average molecular weight is 195 g/mol. The van der Waals surface area contributed by atoms with Crippen LogP contribution in [-0.2, 0) is 4.79 Å². The van der Waals surface area contributed by atoms with E-state index in [4.69, 9.17) is 10.2 Å². The molecule has 1 aliphatic rings. The highest BCUT2D eigenvalue weighted by Gasteiger charge is 2.05. The summed E-state index contributed by atoms with van der Waals surface area (Å²) in [4.78, 5) is 10.1. The molecule has 4 nitrogen and oxygen atoms in total. The van der Waals surface area contributed by atoms with Gasteiger partial charge >= 0.3 is 0 Å². The van der Waals surface area contributed by atoms with Crippen LogP contribution < -0.4 is 5.32 Å². The number of hydrogen-bond acceptors (Lipinski definition) is 3. The first-order valence-electron chi connectivity index (χ1n) is 4.43. The summed E-state index contributed by atoms with van der Waals surface area (Å²) in [6.45, 7) is 0.888. The Labute approximate surface area is 82.2 Å². The van der Waals surface area contributed by atoms with Crippen molar-refractivity contribution < 1.29 is 15.0 Å². The number of benzene rings is 1. The monoisotopic (exact) mass is 195 g/mol. The number of amides is 1. The maximum Gasteiger partial charge on any atom is 0.220 e. The maximum atomic E-state index is 10.1. The largest absolute Gasteiger partial charge is 0.508 e. The number of hydrogen-bond donors (Lipinski definition) is 3. The van der Waals surface area contributed by atoms with E-state index in [1.54, 1.807) is 6.07 Å². The molecule has 3 N–H and O–H groups in total. The normalized spacial score (nSPS) is 14.1. The summed E-state index contributed by atoms with van der Waals surface area (Å²) < 4.78 is 0. The van der Waals surface area contributed by atoms with Gasteiger partial charge in [-0.25, -0.2) is 0 Å². The molecular formula is C10H13NO3. The molecule has 0 spiro atoms. The Morgan fingerprint density at radius 2 is 1.86 bits per heavy atom. The molecule has 2 rings (SSSR count). The molecule has 1 aliphatic heterocycles. The van der Waals surface area contributed by atoms with Gasteiger partial charge in [0.25, 0.3) is 0 Å². The zero-order chi connectivity index (χ0) is 10.4. The summed E-state index contributed by atoms with van der Waals surface area (Å²) in [7, 11) is 0.